The molecule has 0 radical (unpaired) electrons. The minimum atomic E-state index is -0.0953. The number of aryl methyl sites for hydroxylation is 1. The molecule has 1 atom stereocenters. The van der Waals surface area contributed by atoms with Crippen LogP contribution in [0.2, 0.25) is 0 Å². The summed E-state index contributed by atoms with van der Waals surface area (Å²) in [4.78, 5) is 15.5. The Morgan fingerprint density at radius 3 is 2.41 bits per heavy atom. The van der Waals surface area contributed by atoms with Crippen LogP contribution in [-0.2, 0) is 11.3 Å². The van der Waals surface area contributed by atoms with E-state index >= 15 is 0 Å². The number of rotatable bonds is 6. The third-order valence-corrected chi connectivity index (χ3v) is 6.54. The van der Waals surface area contributed by atoms with Crippen LogP contribution in [0.1, 0.15) is 34.7 Å². The summed E-state index contributed by atoms with van der Waals surface area (Å²) >= 11 is 0. The van der Waals surface area contributed by atoms with Crippen molar-refractivity contribution in [2.75, 3.05) is 13.6 Å². The SMILES string of the molecule is Cc1ccccc1CN(C)CC(=O)N1N=C(c2ccc3ccccc3c2)C[C@H]1c1ccccc1. The van der Waals surface area contributed by atoms with Gasteiger partial charge in [-0.3, -0.25) is 9.69 Å². The average Bonchev–Trinajstić information content (AvgIpc) is 3.31. The van der Waals surface area contributed by atoms with E-state index in [1.54, 1.807) is 5.01 Å². The average molecular weight is 448 g/mol. The lowest BCUT2D eigenvalue weighted by molar-refractivity contribution is -0.134. The zero-order valence-corrected chi connectivity index (χ0v) is 19.7. The number of carbonyl (C=O) groups excluding carboxylic acids is 1. The van der Waals surface area contributed by atoms with Crippen LogP contribution in [0.3, 0.4) is 0 Å². The quantitative estimate of drug-likeness (QED) is 0.366. The molecule has 1 aliphatic rings. The smallest absolute Gasteiger partial charge is 0.257 e. The summed E-state index contributed by atoms with van der Waals surface area (Å²) in [6.07, 6.45) is 0.704. The van der Waals surface area contributed by atoms with Crippen molar-refractivity contribution in [2.45, 2.75) is 25.9 Å². The molecule has 0 saturated carbocycles. The molecular weight excluding hydrogens is 418 g/mol. The van der Waals surface area contributed by atoms with Gasteiger partial charge in [-0.1, -0.05) is 91.0 Å². The van der Waals surface area contributed by atoms with Crippen LogP contribution < -0.4 is 0 Å². The van der Waals surface area contributed by atoms with Gasteiger partial charge in [0.25, 0.3) is 5.91 Å². The number of hydrogen-bond acceptors (Lipinski definition) is 3. The minimum Gasteiger partial charge on any atom is -0.293 e. The van der Waals surface area contributed by atoms with E-state index in [9.17, 15) is 4.79 Å². The van der Waals surface area contributed by atoms with Crippen LogP contribution in [0, 0.1) is 6.92 Å². The Morgan fingerprint density at radius 1 is 0.912 bits per heavy atom. The van der Waals surface area contributed by atoms with E-state index < -0.39 is 0 Å². The molecule has 0 unspecified atom stereocenters. The number of amides is 1. The second-order valence-corrected chi connectivity index (χ2v) is 9.08. The number of nitrogens with zero attached hydrogens (tertiary/aromatic N) is 3. The zero-order valence-electron chi connectivity index (χ0n) is 19.7. The highest BCUT2D eigenvalue weighted by Crippen LogP contribution is 2.33. The van der Waals surface area contributed by atoms with Gasteiger partial charge in [-0.15, -0.1) is 0 Å². The Bertz CT molecular complexity index is 1350. The van der Waals surface area contributed by atoms with Crippen molar-refractivity contribution in [2.24, 2.45) is 5.10 Å². The van der Waals surface area contributed by atoms with Gasteiger partial charge in [0, 0.05) is 13.0 Å². The van der Waals surface area contributed by atoms with Crippen LogP contribution in [0.15, 0.2) is 102 Å². The fraction of sp³-hybridized carbons (Fsp3) is 0.200. The first-order valence-electron chi connectivity index (χ1n) is 11.8. The lowest BCUT2D eigenvalue weighted by atomic mass is 9.97. The second kappa shape index (κ2) is 9.62. The molecule has 0 bridgehead atoms. The molecule has 1 heterocycles. The van der Waals surface area contributed by atoms with E-state index in [-0.39, 0.29) is 11.9 Å². The maximum atomic E-state index is 13.5. The van der Waals surface area contributed by atoms with Crippen LogP contribution >= 0.6 is 0 Å². The van der Waals surface area contributed by atoms with E-state index in [1.807, 2.05) is 43.4 Å². The summed E-state index contributed by atoms with van der Waals surface area (Å²) in [7, 11) is 1.99. The first kappa shape index (κ1) is 22.1. The first-order valence-corrected chi connectivity index (χ1v) is 11.8. The molecule has 0 aromatic heterocycles. The summed E-state index contributed by atoms with van der Waals surface area (Å²) in [6.45, 7) is 3.15. The maximum absolute atomic E-state index is 13.5. The fourth-order valence-corrected chi connectivity index (χ4v) is 4.66. The number of fused-ring (bicyclic) bond motifs is 1. The van der Waals surface area contributed by atoms with Crippen molar-refractivity contribution >= 4 is 22.4 Å². The Morgan fingerprint density at radius 2 is 1.62 bits per heavy atom. The van der Waals surface area contributed by atoms with Crippen molar-refractivity contribution < 1.29 is 4.79 Å². The van der Waals surface area contributed by atoms with Crippen LogP contribution in [0.5, 0.6) is 0 Å². The molecule has 0 fully saturated rings. The van der Waals surface area contributed by atoms with Gasteiger partial charge in [0.15, 0.2) is 0 Å². The summed E-state index contributed by atoms with van der Waals surface area (Å²) in [5, 5.41) is 8.96. The minimum absolute atomic E-state index is 0.0146. The Balaban J connectivity index is 1.41. The number of carbonyl (C=O) groups is 1. The fourth-order valence-electron chi connectivity index (χ4n) is 4.66. The van der Waals surface area contributed by atoms with Gasteiger partial charge in [0.2, 0.25) is 0 Å². The molecule has 4 nitrogen and oxygen atoms in total. The standard InChI is InChI=1S/C30H29N3O/c1-22-10-6-7-15-27(22)20-32(2)21-30(34)33-29(24-12-4-3-5-13-24)19-28(31-33)26-17-16-23-11-8-9-14-25(23)18-26/h3-18,29H,19-21H2,1-2H3/t29-/m0/s1. The summed E-state index contributed by atoms with van der Waals surface area (Å²) < 4.78 is 0. The Hall–Kier alpha value is -3.76. The van der Waals surface area contributed by atoms with Crippen molar-refractivity contribution in [3.8, 4) is 0 Å². The van der Waals surface area contributed by atoms with Gasteiger partial charge in [-0.2, -0.15) is 5.10 Å². The molecule has 1 aliphatic heterocycles. The number of hydrazone groups is 1. The summed E-state index contributed by atoms with van der Waals surface area (Å²) in [6, 6.07) is 33.2. The van der Waals surface area contributed by atoms with E-state index in [1.165, 1.54) is 21.9 Å². The largest absolute Gasteiger partial charge is 0.293 e. The molecule has 170 valence electrons. The number of hydrogen-bond donors (Lipinski definition) is 0. The lowest BCUT2D eigenvalue weighted by Gasteiger charge is -2.25. The van der Waals surface area contributed by atoms with Gasteiger partial charge < -0.3 is 0 Å². The van der Waals surface area contributed by atoms with Gasteiger partial charge in [-0.25, -0.2) is 5.01 Å². The molecule has 4 heteroatoms. The highest BCUT2D eigenvalue weighted by atomic mass is 16.2. The predicted molar refractivity (Wildman–Crippen MR) is 139 cm³/mol. The molecule has 4 aromatic carbocycles. The summed E-state index contributed by atoms with van der Waals surface area (Å²) in [5.74, 6) is 0.0146. The summed E-state index contributed by atoms with van der Waals surface area (Å²) in [5.41, 5.74) is 5.61. The topological polar surface area (TPSA) is 35.9 Å². The molecule has 0 spiro atoms. The lowest BCUT2D eigenvalue weighted by Crippen LogP contribution is -2.36. The molecule has 0 N–H and O–H groups in total. The van der Waals surface area contributed by atoms with Gasteiger partial charge in [-0.05, 0) is 53.1 Å². The van der Waals surface area contributed by atoms with Gasteiger partial charge >= 0.3 is 0 Å². The number of benzene rings is 4. The Kier molecular flexibility index (Phi) is 6.24. The molecule has 4 aromatic rings. The van der Waals surface area contributed by atoms with Crippen molar-refractivity contribution in [1.82, 2.24) is 9.91 Å². The molecule has 5 rings (SSSR count). The third kappa shape index (κ3) is 4.63. The van der Waals surface area contributed by atoms with Gasteiger partial charge in [0.1, 0.15) is 0 Å². The van der Waals surface area contributed by atoms with Gasteiger partial charge in [0.05, 0.1) is 18.3 Å². The van der Waals surface area contributed by atoms with E-state index in [0.717, 1.165) is 23.4 Å². The highest BCUT2D eigenvalue weighted by molar-refractivity contribution is 6.05. The molecular formula is C30H29N3O. The van der Waals surface area contributed by atoms with E-state index in [2.05, 4.69) is 72.5 Å². The molecule has 0 aliphatic carbocycles. The zero-order chi connectivity index (χ0) is 23.5. The third-order valence-electron chi connectivity index (χ3n) is 6.54. The second-order valence-electron chi connectivity index (χ2n) is 9.08. The molecule has 34 heavy (non-hydrogen) atoms. The van der Waals surface area contributed by atoms with Crippen LogP contribution in [0.25, 0.3) is 10.8 Å². The monoisotopic (exact) mass is 447 g/mol. The molecule has 0 saturated heterocycles. The van der Waals surface area contributed by atoms with Crippen molar-refractivity contribution in [1.29, 1.82) is 0 Å². The van der Waals surface area contributed by atoms with Crippen molar-refractivity contribution in [3.05, 3.63) is 119 Å². The number of likely N-dealkylation sites (N-methyl/N-ethyl adjacent to an activating group) is 1. The highest BCUT2D eigenvalue weighted by Gasteiger charge is 2.33. The van der Waals surface area contributed by atoms with Crippen LogP contribution in [-0.4, -0.2) is 35.1 Å². The maximum Gasteiger partial charge on any atom is 0.257 e. The predicted octanol–water partition coefficient (Wildman–Crippen LogP) is 5.96. The Labute approximate surface area is 201 Å². The first-order chi connectivity index (χ1) is 16.6. The van der Waals surface area contributed by atoms with E-state index in [0.29, 0.717) is 13.0 Å². The van der Waals surface area contributed by atoms with Crippen LogP contribution in [0.4, 0.5) is 0 Å². The normalized spacial score (nSPS) is 15.7. The molecule has 1 amide bonds. The van der Waals surface area contributed by atoms with Crippen molar-refractivity contribution in [3.63, 3.8) is 0 Å². The van der Waals surface area contributed by atoms with E-state index in [4.69, 9.17) is 5.10 Å².